The second-order valence-corrected chi connectivity index (χ2v) is 3.61. The van der Waals surface area contributed by atoms with Crippen LogP contribution in [-0.4, -0.2) is 24.4 Å². The van der Waals surface area contributed by atoms with E-state index >= 15 is 0 Å². The Balaban J connectivity index is 2.27. The summed E-state index contributed by atoms with van der Waals surface area (Å²) in [4.78, 5) is 11.2. The Kier molecular flexibility index (Phi) is 2.85. The molecule has 13 heavy (non-hydrogen) atoms. The first-order valence-electron chi connectivity index (χ1n) is 4.33. The standard InChI is InChI=1S/C8H14F2N2O/c1-5(4-11)12-7(13)6-2-8(9,10)3-6/h5-6H,2-4,11H2,1H3,(H,12,13). The highest BCUT2D eigenvalue weighted by atomic mass is 19.3. The molecule has 0 radical (unpaired) electrons. The summed E-state index contributed by atoms with van der Waals surface area (Å²) in [6.45, 7) is 2.07. The van der Waals surface area contributed by atoms with E-state index in [1.54, 1.807) is 6.92 Å². The summed E-state index contributed by atoms with van der Waals surface area (Å²) >= 11 is 0. The Morgan fingerprint density at radius 3 is 2.62 bits per heavy atom. The van der Waals surface area contributed by atoms with Crippen molar-refractivity contribution in [3.05, 3.63) is 0 Å². The number of nitrogens with two attached hydrogens (primary N) is 1. The lowest BCUT2D eigenvalue weighted by Gasteiger charge is -2.34. The van der Waals surface area contributed by atoms with Crippen molar-refractivity contribution < 1.29 is 13.6 Å². The molecule has 76 valence electrons. The minimum atomic E-state index is -2.63. The monoisotopic (exact) mass is 192 g/mol. The van der Waals surface area contributed by atoms with Gasteiger partial charge in [-0.3, -0.25) is 4.79 Å². The smallest absolute Gasteiger partial charge is 0.249 e. The number of halogens is 2. The Hall–Kier alpha value is -0.710. The largest absolute Gasteiger partial charge is 0.352 e. The molecule has 1 atom stereocenters. The zero-order valence-electron chi connectivity index (χ0n) is 7.52. The van der Waals surface area contributed by atoms with Gasteiger partial charge in [-0.1, -0.05) is 0 Å². The summed E-state index contributed by atoms with van der Waals surface area (Å²) in [6.07, 6.45) is -0.647. The van der Waals surface area contributed by atoms with E-state index in [-0.39, 0.29) is 24.8 Å². The average molecular weight is 192 g/mol. The molecule has 0 aromatic carbocycles. The zero-order chi connectivity index (χ0) is 10.1. The van der Waals surface area contributed by atoms with Crippen molar-refractivity contribution in [2.24, 2.45) is 11.7 Å². The molecule has 1 aliphatic rings. The van der Waals surface area contributed by atoms with Crippen LogP contribution in [0.2, 0.25) is 0 Å². The summed E-state index contributed by atoms with van der Waals surface area (Å²) in [7, 11) is 0. The second kappa shape index (κ2) is 3.57. The van der Waals surface area contributed by atoms with Crippen LogP contribution in [0.4, 0.5) is 8.78 Å². The van der Waals surface area contributed by atoms with E-state index in [0.717, 1.165) is 0 Å². The molecule has 1 rings (SSSR count). The molecule has 0 spiro atoms. The molecule has 0 aromatic rings. The molecule has 1 unspecified atom stereocenters. The summed E-state index contributed by atoms with van der Waals surface area (Å²) in [5.74, 6) is -3.46. The van der Waals surface area contributed by atoms with E-state index in [9.17, 15) is 13.6 Å². The van der Waals surface area contributed by atoms with E-state index in [1.165, 1.54) is 0 Å². The predicted molar refractivity (Wildman–Crippen MR) is 44.3 cm³/mol. The summed E-state index contributed by atoms with van der Waals surface area (Å²) in [5.41, 5.74) is 5.27. The van der Waals surface area contributed by atoms with Crippen LogP contribution in [0.5, 0.6) is 0 Å². The Labute approximate surface area is 75.7 Å². The second-order valence-electron chi connectivity index (χ2n) is 3.61. The lowest BCUT2D eigenvalue weighted by atomic mass is 9.80. The van der Waals surface area contributed by atoms with Crippen LogP contribution in [0.3, 0.4) is 0 Å². The fourth-order valence-corrected chi connectivity index (χ4v) is 1.27. The highest BCUT2D eigenvalue weighted by Gasteiger charge is 2.48. The fourth-order valence-electron chi connectivity index (χ4n) is 1.27. The average Bonchev–Trinajstić information content (AvgIpc) is 1.99. The molecule has 3 N–H and O–H groups in total. The number of hydrogen-bond acceptors (Lipinski definition) is 2. The minimum Gasteiger partial charge on any atom is -0.352 e. The topological polar surface area (TPSA) is 55.1 Å². The van der Waals surface area contributed by atoms with Gasteiger partial charge in [-0.05, 0) is 6.92 Å². The van der Waals surface area contributed by atoms with Gasteiger partial charge in [0.25, 0.3) is 0 Å². The lowest BCUT2D eigenvalue weighted by molar-refractivity contribution is -0.150. The van der Waals surface area contributed by atoms with Gasteiger partial charge in [-0.15, -0.1) is 0 Å². The number of carbonyl (C=O) groups excluding carboxylic acids is 1. The van der Waals surface area contributed by atoms with Crippen molar-refractivity contribution in [1.82, 2.24) is 5.32 Å². The van der Waals surface area contributed by atoms with Gasteiger partial charge in [-0.2, -0.15) is 0 Å². The third-order valence-corrected chi connectivity index (χ3v) is 2.20. The van der Waals surface area contributed by atoms with Gasteiger partial charge in [0.1, 0.15) is 0 Å². The van der Waals surface area contributed by atoms with Gasteiger partial charge in [0.15, 0.2) is 0 Å². The van der Waals surface area contributed by atoms with Crippen molar-refractivity contribution in [2.75, 3.05) is 6.54 Å². The molecule has 1 amide bonds. The van der Waals surface area contributed by atoms with Crippen molar-refractivity contribution in [3.63, 3.8) is 0 Å². The van der Waals surface area contributed by atoms with E-state index in [2.05, 4.69) is 5.32 Å². The first kappa shape index (κ1) is 10.4. The Bertz CT molecular complexity index is 200. The molecule has 1 saturated carbocycles. The molecule has 0 aromatic heterocycles. The molecule has 3 nitrogen and oxygen atoms in total. The van der Waals surface area contributed by atoms with Gasteiger partial charge < -0.3 is 11.1 Å². The van der Waals surface area contributed by atoms with Crippen LogP contribution in [-0.2, 0) is 4.79 Å². The van der Waals surface area contributed by atoms with Crippen LogP contribution in [0.25, 0.3) is 0 Å². The number of amides is 1. The highest BCUT2D eigenvalue weighted by Crippen LogP contribution is 2.42. The van der Waals surface area contributed by atoms with E-state index in [0.29, 0.717) is 6.54 Å². The molecule has 1 fully saturated rings. The van der Waals surface area contributed by atoms with Crippen LogP contribution in [0, 0.1) is 5.92 Å². The maximum Gasteiger partial charge on any atom is 0.249 e. The molecule has 0 heterocycles. The minimum absolute atomic E-state index is 0.137. The number of alkyl halides is 2. The third kappa shape index (κ3) is 2.62. The maximum absolute atomic E-state index is 12.4. The zero-order valence-corrected chi connectivity index (χ0v) is 7.52. The molecular weight excluding hydrogens is 178 g/mol. The van der Waals surface area contributed by atoms with Crippen LogP contribution >= 0.6 is 0 Å². The number of nitrogens with one attached hydrogen (secondary N) is 1. The highest BCUT2D eigenvalue weighted by molar-refractivity contribution is 5.80. The summed E-state index contributed by atoms with van der Waals surface area (Å²) in [6, 6.07) is -0.137. The van der Waals surface area contributed by atoms with Crippen LogP contribution in [0.15, 0.2) is 0 Å². The first-order valence-corrected chi connectivity index (χ1v) is 4.33. The quantitative estimate of drug-likeness (QED) is 0.684. The summed E-state index contributed by atoms with van der Waals surface area (Å²) < 4.78 is 24.7. The van der Waals surface area contributed by atoms with Gasteiger partial charge in [-0.25, -0.2) is 8.78 Å². The molecule has 0 bridgehead atoms. The van der Waals surface area contributed by atoms with Crippen molar-refractivity contribution in [3.8, 4) is 0 Å². The first-order chi connectivity index (χ1) is 5.94. The third-order valence-electron chi connectivity index (χ3n) is 2.20. The molecule has 1 aliphatic carbocycles. The predicted octanol–water partition coefficient (Wildman–Crippen LogP) is 0.495. The van der Waals surface area contributed by atoms with E-state index in [1.807, 2.05) is 0 Å². The number of hydrogen-bond donors (Lipinski definition) is 2. The molecule has 0 aliphatic heterocycles. The maximum atomic E-state index is 12.4. The van der Waals surface area contributed by atoms with Gasteiger partial charge in [0, 0.05) is 31.3 Å². The van der Waals surface area contributed by atoms with Crippen LogP contribution < -0.4 is 11.1 Å². The SMILES string of the molecule is CC(CN)NC(=O)C1CC(F)(F)C1. The molecule has 5 heteroatoms. The number of rotatable bonds is 3. The van der Waals surface area contributed by atoms with E-state index in [4.69, 9.17) is 5.73 Å². The molecule has 0 saturated heterocycles. The fraction of sp³-hybridized carbons (Fsp3) is 0.875. The van der Waals surface area contributed by atoms with Gasteiger partial charge >= 0.3 is 0 Å². The normalized spacial score (nSPS) is 23.4. The summed E-state index contributed by atoms with van der Waals surface area (Å²) in [5, 5.41) is 2.57. The Morgan fingerprint density at radius 1 is 1.69 bits per heavy atom. The van der Waals surface area contributed by atoms with Crippen molar-refractivity contribution in [2.45, 2.75) is 31.7 Å². The van der Waals surface area contributed by atoms with Gasteiger partial charge in [0.2, 0.25) is 11.8 Å². The Morgan fingerprint density at radius 2 is 2.23 bits per heavy atom. The molecular formula is C8H14F2N2O. The van der Waals surface area contributed by atoms with E-state index < -0.39 is 11.8 Å². The van der Waals surface area contributed by atoms with Gasteiger partial charge in [0.05, 0.1) is 0 Å². The van der Waals surface area contributed by atoms with Crippen LogP contribution in [0.1, 0.15) is 19.8 Å². The number of carbonyl (C=O) groups is 1. The lowest BCUT2D eigenvalue weighted by Crippen LogP contribution is -2.48. The van der Waals surface area contributed by atoms with Crippen molar-refractivity contribution >= 4 is 5.91 Å². The van der Waals surface area contributed by atoms with Crippen molar-refractivity contribution in [1.29, 1.82) is 0 Å².